The van der Waals surface area contributed by atoms with Crippen LogP contribution in [0.15, 0.2) is 29.3 Å². The summed E-state index contributed by atoms with van der Waals surface area (Å²) in [5, 5.41) is 6.98. The zero-order chi connectivity index (χ0) is 18.0. The molecule has 0 heterocycles. The molecule has 9 heteroatoms. The SMILES string of the molecule is CN=C(NCCCN(C)CC(F)(F)F)NCCc1ccccc1Cl.I. The van der Waals surface area contributed by atoms with Crippen molar-refractivity contribution in [3.8, 4) is 0 Å². The van der Waals surface area contributed by atoms with Crippen LogP contribution >= 0.6 is 35.6 Å². The first kappa shape index (κ1) is 24.3. The molecule has 25 heavy (non-hydrogen) atoms. The summed E-state index contributed by atoms with van der Waals surface area (Å²) in [5.41, 5.74) is 1.05. The normalized spacial score (nSPS) is 12.0. The van der Waals surface area contributed by atoms with Crippen LogP contribution in [0.1, 0.15) is 12.0 Å². The number of halogens is 5. The molecule has 0 aliphatic rings. The summed E-state index contributed by atoms with van der Waals surface area (Å²) >= 11 is 6.09. The van der Waals surface area contributed by atoms with Gasteiger partial charge >= 0.3 is 6.18 Å². The minimum absolute atomic E-state index is 0. The quantitative estimate of drug-likeness (QED) is 0.252. The molecule has 0 amide bonds. The third-order valence-corrected chi connectivity index (χ3v) is 3.70. The molecule has 0 bridgehead atoms. The lowest BCUT2D eigenvalue weighted by atomic mass is 10.1. The Morgan fingerprint density at radius 3 is 2.44 bits per heavy atom. The highest BCUT2D eigenvalue weighted by Gasteiger charge is 2.28. The Hall–Kier alpha value is -0.740. The summed E-state index contributed by atoms with van der Waals surface area (Å²) in [6.07, 6.45) is -2.80. The van der Waals surface area contributed by atoms with Crippen molar-refractivity contribution in [3.05, 3.63) is 34.9 Å². The first-order valence-electron chi connectivity index (χ1n) is 7.75. The highest BCUT2D eigenvalue weighted by atomic mass is 127. The van der Waals surface area contributed by atoms with Crippen LogP contribution in [0.5, 0.6) is 0 Å². The fourth-order valence-electron chi connectivity index (χ4n) is 2.18. The van der Waals surface area contributed by atoms with E-state index in [1.807, 2.05) is 24.3 Å². The molecule has 0 fully saturated rings. The third kappa shape index (κ3) is 11.5. The maximum Gasteiger partial charge on any atom is 0.401 e. The van der Waals surface area contributed by atoms with Gasteiger partial charge in [0.05, 0.1) is 6.54 Å². The van der Waals surface area contributed by atoms with Crippen molar-refractivity contribution in [2.24, 2.45) is 4.99 Å². The van der Waals surface area contributed by atoms with Crippen LogP contribution in [0.2, 0.25) is 5.02 Å². The second-order valence-corrected chi connectivity index (χ2v) is 5.88. The predicted molar refractivity (Wildman–Crippen MR) is 108 cm³/mol. The van der Waals surface area contributed by atoms with Crippen LogP contribution in [-0.4, -0.2) is 57.3 Å². The molecule has 0 aliphatic heterocycles. The van der Waals surface area contributed by atoms with Crippen LogP contribution in [-0.2, 0) is 6.42 Å². The molecule has 4 nitrogen and oxygen atoms in total. The van der Waals surface area contributed by atoms with Crippen LogP contribution in [0.25, 0.3) is 0 Å². The lowest BCUT2D eigenvalue weighted by Gasteiger charge is -2.19. The van der Waals surface area contributed by atoms with Gasteiger partial charge in [0.1, 0.15) is 0 Å². The van der Waals surface area contributed by atoms with E-state index < -0.39 is 12.7 Å². The van der Waals surface area contributed by atoms with Crippen molar-refractivity contribution >= 4 is 41.5 Å². The van der Waals surface area contributed by atoms with Crippen molar-refractivity contribution < 1.29 is 13.2 Å². The lowest BCUT2D eigenvalue weighted by molar-refractivity contribution is -0.143. The largest absolute Gasteiger partial charge is 0.401 e. The molecule has 0 unspecified atom stereocenters. The number of guanidine groups is 1. The Morgan fingerprint density at radius 2 is 1.84 bits per heavy atom. The van der Waals surface area contributed by atoms with Gasteiger partial charge in [-0.25, -0.2) is 0 Å². The van der Waals surface area contributed by atoms with Gasteiger partial charge in [-0.3, -0.25) is 9.89 Å². The third-order valence-electron chi connectivity index (χ3n) is 3.33. The van der Waals surface area contributed by atoms with Crippen molar-refractivity contribution in [2.75, 3.05) is 40.3 Å². The summed E-state index contributed by atoms with van der Waals surface area (Å²) in [5.74, 6) is 0.625. The summed E-state index contributed by atoms with van der Waals surface area (Å²) < 4.78 is 36.6. The molecule has 1 aromatic rings. The van der Waals surface area contributed by atoms with Gasteiger partial charge in [0.25, 0.3) is 0 Å². The first-order chi connectivity index (χ1) is 11.3. The van der Waals surface area contributed by atoms with Gasteiger partial charge in [-0.1, -0.05) is 29.8 Å². The summed E-state index contributed by atoms with van der Waals surface area (Å²) in [6, 6.07) is 7.64. The maximum atomic E-state index is 12.2. The van der Waals surface area contributed by atoms with Gasteiger partial charge in [-0.2, -0.15) is 13.2 Å². The standard InChI is InChI=1S/C16H24ClF3N4.HI/c1-21-15(22-9-5-11-24(2)12-16(18,19)20)23-10-8-13-6-3-4-7-14(13)17;/h3-4,6-7H,5,8-12H2,1-2H3,(H2,21,22,23);1H. The lowest BCUT2D eigenvalue weighted by Crippen LogP contribution is -2.40. The van der Waals surface area contributed by atoms with Crippen LogP contribution in [0, 0.1) is 0 Å². The van der Waals surface area contributed by atoms with E-state index in [4.69, 9.17) is 11.6 Å². The van der Waals surface area contributed by atoms with E-state index in [1.54, 1.807) is 7.05 Å². The smallest absolute Gasteiger partial charge is 0.356 e. The van der Waals surface area contributed by atoms with Gasteiger partial charge in [0, 0.05) is 25.2 Å². The monoisotopic (exact) mass is 492 g/mol. The van der Waals surface area contributed by atoms with Crippen molar-refractivity contribution in [1.29, 1.82) is 0 Å². The minimum atomic E-state index is -4.15. The van der Waals surface area contributed by atoms with Gasteiger partial charge in [-0.15, -0.1) is 24.0 Å². The van der Waals surface area contributed by atoms with Crippen molar-refractivity contribution in [1.82, 2.24) is 15.5 Å². The number of hydrogen-bond donors (Lipinski definition) is 2. The fraction of sp³-hybridized carbons (Fsp3) is 0.562. The number of rotatable bonds is 8. The number of aliphatic imine (C=N–C) groups is 1. The second kappa shape index (κ2) is 12.6. The van der Waals surface area contributed by atoms with Gasteiger partial charge in [0.15, 0.2) is 5.96 Å². The molecule has 0 aromatic heterocycles. The summed E-state index contributed by atoms with van der Waals surface area (Å²) in [4.78, 5) is 5.34. The molecule has 0 radical (unpaired) electrons. The molecular weight excluding hydrogens is 468 g/mol. The highest BCUT2D eigenvalue weighted by molar-refractivity contribution is 14.0. The Kier molecular flexibility index (Phi) is 12.2. The summed E-state index contributed by atoms with van der Waals surface area (Å²) in [6.45, 7) is 0.687. The van der Waals surface area contributed by atoms with Crippen LogP contribution in [0.4, 0.5) is 13.2 Å². The Bertz CT molecular complexity index is 526. The molecule has 0 atom stereocenters. The zero-order valence-electron chi connectivity index (χ0n) is 14.4. The summed E-state index contributed by atoms with van der Waals surface area (Å²) in [7, 11) is 3.12. The van der Waals surface area contributed by atoms with Crippen molar-refractivity contribution in [3.63, 3.8) is 0 Å². The Labute approximate surface area is 169 Å². The van der Waals surface area contributed by atoms with Crippen molar-refractivity contribution in [2.45, 2.75) is 19.0 Å². The van der Waals surface area contributed by atoms with E-state index in [9.17, 15) is 13.2 Å². The number of hydrogen-bond acceptors (Lipinski definition) is 2. The van der Waals surface area contributed by atoms with Crippen LogP contribution in [0.3, 0.4) is 0 Å². The molecule has 1 rings (SSSR count). The van der Waals surface area contributed by atoms with E-state index in [-0.39, 0.29) is 24.0 Å². The first-order valence-corrected chi connectivity index (χ1v) is 8.13. The van der Waals surface area contributed by atoms with E-state index in [0.29, 0.717) is 32.0 Å². The topological polar surface area (TPSA) is 39.7 Å². The van der Waals surface area contributed by atoms with E-state index in [0.717, 1.165) is 17.0 Å². The van der Waals surface area contributed by atoms with E-state index in [2.05, 4.69) is 15.6 Å². The molecular formula is C16H25ClF3IN4. The molecule has 2 N–H and O–H groups in total. The average molecular weight is 493 g/mol. The van der Waals surface area contributed by atoms with E-state index >= 15 is 0 Å². The number of nitrogens with one attached hydrogen (secondary N) is 2. The zero-order valence-corrected chi connectivity index (χ0v) is 17.5. The van der Waals surface area contributed by atoms with Crippen LogP contribution < -0.4 is 10.6 Å². The van der Waals surface area contributed by atoms with Gasteiger partial charge < -0.3 is 10.6 Å². The van der Waals surface area contributed by atoms with Gasteiger partial charge in [0.2, 0.25) is 0 Å². The number of nitrogens with zero attached hydrogens (tertiary/aromatic N) is 2. The maximum absolute atomic E-state index is 12.2. The molecule has 0 aliphatic carbocycles. The molecule has 144 valence electrons. The second-order valence-electron chi connectivity index (χ2n) is 5.47. The number of alkyl halides is 3. The fourth-order valence-corrected chi connectivity index (χ4v) is 2.41. The molecule has 0 saturated carbocycles. The van der Waals surface area contributed by atoms with E-state index in [1.165, 1.54) is 11.9 Å². The Morgan fingerprint density at radius 1 is 1.20 bits per heavy atom. The minimum Gasteiger partial charge on any atom is -0.356 e. The predicted octanol–water partition coefficient (Wildman–Crippen LogP) is 3.55. The average Bonchev–Trinajstić information content (AvgIpc) is 2.49. The molecule has 0 spiro atoms. The molecule has 1 aromatic carbocycles. The Balaban J connectivity index is 0.00000576. The molecule has 0 saturated heterocycles. The van der Waals surface area contributed by atoms with Gasteiger partial charge in [-0.05, 0) is 38.1 Å². The highest BCUT2D eigenvalue weighted by Crippen LogP contribution is 2.15. The number of benzene rings is 1.